The van der Waals surface area contributed by atoms with Gasteiger partial charge in [0.2, 0.25) is 0 Å². The van der Waals surface area contributed by atoms with E-state index in [1.807, 2.05) is 12.1 Å². The Labute approximate surface area is 270 Å². The number of hydrogen-bond donors (Lipinski definition) is 0. The number of nitrogens with zero attached hydrogens (tertiary/aromatic N) is 1. The third-order valence-corrected chi connectivity index (χ3v) is 9.42. The zero-order valence-corrected chi connectivity index (χ0v) is 25.4. The summed E-state index contributed by atoms with van der Waals surface area (Å²) in [5, 5.41) is 9.36. The molecule has 2 aromatic heterocycles. The average molecular weight is 602 g/mol. The molecule has 0 fully saturated rings. The van der Waals surface area contributed by atoms with Crippen LogP contribution in [0, 0.1) is 0 Å². The van der Waals surface area contributed by atoms with E-state index < -0.39 is 0 Å². The maximum atomic E-state index is 6.47. The molecule has 0 unspecified atom stereocenters. The predicted molar refractivity (Wildman–Crippen MR) is 196 cm³/mol. The van der Waals surface area contributed by atoms with Crippen LogP contribution in [0.1, 0.15) is 0 Å². The fourth-order valence-corrected chi connectivity index (χ4v) is 7.24. The first kappa shape index (κ1) is 26.0. The maximum Gasteiger partial charge on any atom is 0.137 e. The molecule has 0 N–H and O–H groups in total. The third-order valence-electron chi connectivity index (χ3n) is 9.42. The molecular weight excluding hydrogens is 574 g/mol. The number of rotatable bonds is 4. The first-order chi connectivity index (χ1) is 23.3. The SMILES string of the molecule is c1ccc(N(c2ccc(-c3cccc4ccc5oc6ccccc6c5c34)cc2)c2ccc3c(c2)oc2cc4ccccc4cc23)cc1. The van der Waals surface area contributed by atoms with Gasteiger partial charge in [-0.05, 0) is 87.9 Å². The largest absolute Gasteiger partial charge is 0.456 e. The lowest BCUT2D eigenvalue weighted by atomic mass is 9.94. The van der Waals surface area contributed by atoms with Crippen molar-refractivity contribution in [3.63, 3.8) is 0 Å². The minimum Gasteiger partial charge on any atom is -0.456 e. The van der Waals surface area contributed by atoms with E-state index in [1.165, 1.54) is 27.1 Å². The van der Waals surface area contributed by atoms with Crippen LogP contribution in [-0.2, 0) is 0 Å². The van der Waals surface area contributed by atoms with Gasteiger partial charge in [0.25, 0.3) is 0 Å². The van der Waals surface area contributed by atoms with Gasteiger partial charge in [-0.3, -0.25) is 0 Å². The van der Waals surface area contributed by atoms with Gasteiger partial charge < -0.3 is 13.7 Å². The number of para-hydroxylation sites is 2. The molecule has 0 aliphatic rings. The minimum absolute atomic E-state index is 0.873. The molecule has 8 aromatic carbocycles. The Morgan fingerprint density at radius 2 is 1.02 bits per heavy atom. The molecule has 0 radical (unpaired) electrons. The van der Waals surface area contributed by atoms with E-state index in [0.717, 1.165) is 66.5 Å². The van der Waals surface area contributed by atoms with Gasteiger partial charge in [0.15, 0.2) is 0 Å². The van der Waals surface area contributed by atoms with Gasteiger partial charge in [0.05, 0.1) is 0 Å². The molecule has 47 heavy (non-hydrogen) atoms. The van der Waals surface area contributed by atoms with Crippen molar-refractivity contribution in [1.82, 2.24) is 0 Å². The molecule has 220 valence electrons. The van der Waals surface area contributed by atoms with Crippen molar-refractivity contribution in [3.05, 3.63) is 164 Å². The van der Waals surface area contributed by atoms with Crippen LogP contribution in [-0.4, -0.2) is 0 Å². The van der Waals surface area contributed by atoms with E-state index >= 15 is 0 Å². The minimum atomic E-state index is 0.873. The molecule has 3 nitrogen and oxygen atoms in total. The monoisotopic (exact) mass is 601 g/mol. The van der Waals surface area contributed by atoms with Crippen LogP contribution in [0.4, 0.5) is 17.1 Å². The highest BCUT2D eigenvalue weighted by atomic mass is 16.3. The quantitative estimate of drug-likeness (QED) is 0.201. The summed E-state index contributed by atoms with van der Waals surface area (Å²) < 4.78 is 12.7. The fourth-order valence-electron chi connectivity index (χ4n) is 7.24. The van der Waals surface area contributed by atoms with E-state index in [1.54, 1.807) is 0 Å². The third kappa shape index (κ3) is 4.07. The summed E-state index contributed by atoms with van der Waals surface area (Å²) in [7, 11) is 0. The second-order valence-electron chi connectivity index (χ2n) is 12.1. The molecule has 0 bridgehead atoms. The van der Waals surface area contributed by atoms with Crippen LogP contribution in [0.5, 0.6) is 0 Å². The topological polar surface area (TPSA) is 29.5 Å². The van der Waals surface area contributed by atoms with Gasteiger partial charge >= 0.3 is 0 Å². The Bertz CT molecular complexity index is 2790. The normalized spacial score (nSPS) is 11.8. The number of hydrogen-bond acceptors (Lipinski definition) is 3. The Kier molecular flexibility index (Phi) is 5.57. The Hall–Kier alpha value is -6.32. The average Bonchev–Trinajstić information content (AvgIpc) is 3.69. The second kappa shape index (κ2) is 10.1. The molecule has 0 atom stereocenters. The Morgan fingerprint density at radius 1 is 0.340 bits per heavy atom. The molecule has 0 amide bonds. The van der Waals surface area contributed by atoms with Crippen LogP contribution < -0.4 is 4.90 Å². The van der Waals surface area contributed by atoms with Crippen LogP contribution >= 0.6 is 0 Å². The van der Waals surface area contributed by atoms with Crippen molar-refractivity contribution in [2.75, 3.05) is 4.90 Å². The van der Waals surface area contributed by atoms with E-state index in [-0.39, 0.29) is 0 Å². The van der Waals surface area contributed by atoms with Crippen molar-refractivity contribution in [2.45, 2.75) is 0 Å². The Morgan fingerprint density at radius 3 is 1.89 bits per heavy atom. The van der Waals surface area contributed by atoms with Gasteiger partial charge in [-0.2, -0.15) is 0 Å². The zero-order valence-electron chi connectivity index (χ0n) is 25.4. The molecule has 0 saturated heterocycles. The summed E-state index contributed by atoms with van der Waals surface area (Å²) in [4.78, 5) is 2.29. The zero-order chi connectivity index (χ0) is 30.9. The van der Waals surface area contributed by atoms with Crippen molar-refractivity contribution < 1.29 is 8.83 Å². The van der Waals surface area contributed by atoms with Gasteiger partial charge in [0, 0.05) is 50.1 Å². The summed E-state index contributed by atoms with van der Waals surface area (Å²) in [6.45, 7) is 0. The van der Waals surface area contributed by atoms with Crippen molar-refractivity contribution in [3.8, 4) is 11.1 Å². The smallest absolute Gasteiger partial charge is 0.137 e. The van der Waals surface area contributed by atoms with Crippen LogP contribution in [0.3, 0.4) is 0 Å². The summed E-state index contributed by atoms with van der Waals surface area (Å²) in [5.41, 5.74) is 9.13. The highest BCUT2D eigenvalue weighted by Crippen LogP contribution is 2.42. The molecule has 0 spiro atoms. The highest BCUT2D eigenvalue weighted by molar-refractivity contribution is 6.22. The van der Waals surface area contributed by atoms with Crippen LogP contribution in [0.25, 0.3) is 76.5 Å². The predicted octanol–water partition coefficient (Wildman–Crippen LogP) is 12.9. The first-order valence-electron chi connectivity index (χ1n) is 15.9. The lowest BCUT2D eigenvalue weighted by Crippen LogP contribution is -2.09. The van der Waals surface area contributed by atoms with Crippen molar-refractivity contribution in [1.29, 1.82) is 0 Å². The molecule has 3 heteroatoms. The lowest BCUT2D eigenvalue weighted by molar-refractivity contribution is 0.669. The summed E-state index contributed by atoms with van der Waals surface area (Å²) in [5.74, 6) is 0. The van der Waals surface area contributed by atoms with Crippen LogP contribution in [0.15, 0.2) is 173 Å². The molecule has 0 saturated carbocycles. The van der Waals surface area contributed by atoms with E-state index in [9.17, 15) is 0 Å². The van der Waals surface area contributed by atoms with E-state index in [2.05, 4.69) is 157 Å². The van der Waals surface area contributed by atoms with Gasteiger partial charge in [-0.25, -0.2) is 0 Å². The molecular formula is C44H27NO2. The van der Waals surface area contributed by atoms with E-state index in [0.29, 0.717) is 0 Å². The van der Waals surface area contributed by atoms with Crippen molar-refractivity contribution in [2.24, 2.45) is 0 Å². The number of anilines is 3. The molecule has 10 rings (SSSR count). The lowest BCUT2D eigenvalue weighted by Gasteiger charge is -2.25. The van der Waals surface area contributed by atoms with Gasteiger partial charge in [-0.15, -0.1) is 0 Å². The van der Waals surface area contributed by atoms with E-state index in [4.69, 9.17) is 8.83 Å². The molecule has 0 aliphatic carbocycles. The second-order valence-corrected chi connectivity index (χ2v) is 12.1. The highest BCUT2D eigenvalue weighted by Gasteiger charge is 2.18. The van der Waals surface area contributed by atoms with Gasteiger partial charge in [-0.1, -0.05) is 97.1 Å². The van der Waals surface area contributed by atoms with Crippen molar-refractivity contribution >= 4 is 82.5 Å². The molecule has 2 heterocycles. The molecule has 0 aliphatic heterocycles. The summed E-state index contributed by atoms with van der Waals surface area (Å²) in [6.07, 6.45) is 0. The van der Waals surface area contributed by atoms with Crippen LogP contribution in [0.2, 0.25) is 0 Å². The number of benzene rings is 8. The summed E-state index contributed by atoms with van der Waals surface area (Å²) >= 11 is 0. The standard InChI is InChI=1S/C44H27NO2/c1-2-12-32(13-3-1)45(34-22-23-36-38-25-30-9-4-5-10-31(30)26-41(38)47-42(36)27-34)33-20-17-28(18-21-33)35-15-8-11-29-19-24-40-44(43(29)35)37-14-6-7-16-39(37)46-40/h1-27H. The Balaban J connectivity index is 1.12. The maximum absolute atomic E-state index is 6.47. The number of fused-ring (bicyclic) bond motifs is 9. The number of furan rings is 2. The van der Waals surface area contributed by atoms with Gasteiger partial charge in [0.1, 0.15) is 22.3 Å². The molecule has 10 aromatic rings. The fraction of sp³-hybridized carbons (Fsp3) is 0. The first-order valence-corrected chi connectivity index (χ1v) is 15.9. The summed E-state index contributed by atoms with van der Waals surface area (Å²) in [6, 6.07) is 57.8.